The summed E-state index contributed by atoms with van der Waals surface area (Å²) in [5.74, 6) is 0.919. The molecule has 1 fully saturated rings. The first kappa shape index (κ1) is 13.4. The summed E-state index contributed by atoms with van der Waals surface area (Å²) in [5.41, 5.74) is 5.88. The molecule has 2 unspecified atom stereocenters. The van der Waals surface area contributed by atoms with Gasteiger partial charge in [-0.15, -0.1) is 5.10 Å². The van der Waals surface area contributed by atoms with E-state index in [1.165, 1.54) is 0 Å². The van der Waals surface area contributed by atoms with Gasteiger partial charge in [0.15, 0.2) is 5.82 Å². The molecule has 1 aromatic heterocycles. The molecule has 7 nitrogen and oxygen atoms in total. The van der Waals surface area contributed by atoms with E-state index in [1.807, 2.05) is 11.6 Å². The van der Waals surface area contributed by atoms with Gasteiger partial charge in [0.1, 0.15) is 0 Å². The molecule has 0 spiro atoms. The molecule has 2 atom stereocenters. The summed E-state index contributed by atoms with van der Waals surface area (Å²) in [7, 11) is 0. The van der Waals surface area contributed by atoms with Crippen LogP contribution in [0.3, 0.4) is 0 Å². The van der Waals surface area contributed by atoms with Crippen LogP contribution >= 0.6 is 0 Å². The van der Waals surface area contributed by atoms with Crippen molar-refractivity contribution in [2.45, 2.75) is 45.5 Å². The van der Waals surface area contributed by atoms with E-state index in [9.17, 15) is 0 Å². The molecule has 2 rings (SSSR count). The molecule has 2 heterocycles. The molecule has 0 aromatic carbocycles. The van der Waals surface area contributed by atoms with E-state index in [-0.39, 0.29) is 12.1 Å². The number of ether oxygens (including phenoxy) is 1. The molecule has 0 radical (unpaired) electrons. The zero-order chi connectivity index (χ0) is 13.0. The molecule has 7 heteroatoms. The Bertz CT molecular complexity index is 366. The Morgan fingerprint density at radius 3 is 3.11 bits per heavy atom. The number of nitrogens with two attached hydrogens (primary N) is 1. The van der Waals surface area contributed by atoms with Crippen LogP contribution in [0.5, 0.6) is 0 Å². The Hall–Kier alpha value is -1.05. The lowest BCUT2D eigenvalue weighted by Crippen LogP contribution is -2.49. The SMILES string of the molecule is CCCn1nnnc1CN1CCOC(C(C)N)C1. The van der Waals surface area contributed by atoms with Crippen LogP contribution in [0, 0.1) is 0 Å². The van der Waals surface area contributed by atoms with Crippen LogP contribution in [0.4, 0.5) is 0 Å². The number of aryl methyl sites for hydroxylation is 1. The zero-order valence-electron chi connectivity index (χ0n) is 11.1. The maximum absolute atomic E-state index is 5.88. The van der Waals surface area contributed by atoms with Gasteiger partial charge < -0.3 is 10.5 Å². The lowest BCUT2D eigenvalue weighted by Gasteiger charge is -2.34. The van der Waals surface area contributed by atoms with Gasteiger partial charge in [-0.2, -0.15) is 0 Å². The van der Waals surface area contributed by atoms with E-state index in [4.69, 9.17) is 10.5 Å². The Kier molecular flexibility index (Phi) is 4.62. The van der Waals surface area contributed by atoms with Crippen LogP contribution in [0.15, 0.2) is 0 Å². The molecule has 0 saturated carbocycles. The number of hydrogen-bond donors (Lipinski definition) is 1. The lowest BCUT2D eigenvalue weighted by molar-refractivity contribution is -0.0414. The van der Waals surface area contributed by atoms with Crippen molar-refractivity contribution in [3.8, 4) is 0 Å². The number of tetrazole rings is 1. The number of rotatable bonds is 5. The minimum atomic E-state index is 0.0550. The van der Waals surface area contributed by atoms with Crippen LogP contribution in [0.2, 0.25) is 0 Å². The minimum absolute atomic E-state index is 0.0550. The lowest BCUT2D eigenvalue weighted by atomic mass is 10.1. The van der Waals surface area contributed by atoms with Gasteiger partial charge in [-0.3, -0.25) is 4.90 Å². The van der Waals surface area contributed by atoms with Crippen LogP contribution in [-0.4, -0.2) is 56.9 Å². The first-order valence-corrected chi connectivity index (χ1v) is 6.55. The van der Waals surface area contributed by atoms with E-state index < -0.39 is 0 Å². The molecule has 1 aliphatic heterocycles. The summed E-state index contributed by atoms with van der Waals surface area (Å²) in [4.78, 5) is 2.30. The second-order valence-electron chi connectivity index (χ2n) is 4.82. The van der Waals surface area contributed by atoms with Gasteiger partial charge in [0.25, 0.3) is 0 Å². The quantitative estimate of drug-likeness (QED) is 0.772. The van der Waals surface area contributed by atoms with Gasteiger partial charge in [0.2, 0.25) is 0 Å². The predicted molar refractivity (Wildman–Crippen MR) is 66.8 cm³/mol. The summed E-state index contributed by atoms with van der Waals surface area (Å²) in [6.45, 7) is 8.20. The number of aromatic nitrogens is 4. The monoisotopic (exact) mass is 254 g/mol. The fourth-order valence-corrected chi connectivity index (χ4v) is 2.12. The van der Waals surface area contributed by atoms with Crippen molar-refractivity contribution in [3.05, 3.63) is 5.82 Å². The van der Waals surface area contributed by atoms with Gasteiger partial charge in [-0.05, 0) is 23.8 Å². The Labute approximate surface area is 107 Å². The first-order valence-electron chi connectivity index (χ1n) is 6.55. The van der Waals surface area contributed by atoms with Crippen LogP contribution in [-0.2, 0) is 17.8 Å². The fourth-order valence-electron chi connectivity index (χ4n) is 2.12. The molecular formula is C11H22N6O. The van der Waals surface area contributed by atoms with Crippen LogP contribution in [0.1, 0.15) is 26.1 Å². The minimum Gasteiger partial charge on any atom is -0.374 e. The molecule has 0 aliphatic carbocycles. The average Bonchev–Trinajstić information content (AvgIpc) is 2.77. The van der Waals surface area contributed by atoms with Crippen molar-refractivity contribution in [2.24, 2.45) is 5.73 Å². The van der Waals surface area contributed by atoms with Crippen molar-refractivity contribution in [1.29, 1.82) is 0 Å². The summed E-state index contributed by atoms with van der Waals surface area (Å²) < 4.78 is 7.51. The second kappa shape index (κ2) is 6.21. The molecule has 0 bridgehead atoms. The Morgan fingerprint density at radius 1 is 1.56 bits per heavy atom. The Balaban J connectivity index is 1.94. The van der Waals surface area contributed by atoms with E-state index in [0.29, 0.717) is 0 Å². The highest BCUT2D eigenvalue weighted by Crippen LogP contribution is 2.10. The maximum atomic E-state index is 5.88. The molecule has 1 aromatic rings. The van der Waals surface area contributed by atoms with E-state index in [2.05, 4.69) is 27.3 Å². The number of hydrogen-bond acceptors (Lipinski definition) is 6. The standard InChI is InChI=1S/C11H22N6O/c1-3-4-17-11(13-14-15-17)8-16-5-6-18-10(7-16)9(2)12/h9-10H,3-8,12H2,1-2H3. The summed E-state index contributed by atoms with van der Waals surface area (Å²) in [5, 5.41) is 11.8. The van der Waals surface area contributed by atoms with Crippen molar-refractivity contribution in [3.63, 3.8) is 0 Å². The van der Waals surface area contributed by atoms with E-state index in [1.54, 1.807) is 0 Å². The highest BCUT2D eigenvalue weighted by atomic mass is 16.5. The van der Waals surface area contributed by atoms with Gasteiger partial charge in [-0.1, -0.05) is 6.92 Å². The van der Waals surface area contributed by atoms with Crippen LogP contribution < -0.4 is 5.73 Å². The van der Waals surface area contributed by atoms with E-state index >= 15 is 0 Å². The van der Waals surface area contributed by atoms with Crippen molar-refractivity contribution in [1.82, 2.24) is 25.1 Å². The maximum Gasteiger partial charge on any atom is 0.165 e. The van der Waals surface area contributed by atoms with Crippen LogP contribution in [0.25, 0.3) is 0 Å². The van der Waals surface area contributed by atoms with E-state index in [0.717, 1.165) is 45.0 Å². The zero-order valence-corrected chi connectivity index (χ0v) is 11.1. The summed E-state index contributed by atoms with van der Waals surface area (Å²) in [6, 6.07) is 0.0550. The third-order valence-electron chi connectivity index (χ3n) is 3.17. The first-order chi connectivity index (χ1) is 8.70. The van der Waals surface area contributed by atoms with Crippen molar-refractivity contribution < 1.29 is 4.74 Å². The topological polar surface area (TPSA) is 82.1 Å². The molecule has 1 saturated heterocycles. The third-order valence-corrected chi connectivity index (χ3v) is 3.17. The normalized spacial score (nSPS) is 23.2. The smallest absolute Gasteiger partial charge is 0.165 e. The van der Waals surface area contributed by atoms with Gasteiger partial charge in [-0.25, -0.2) is 4.68 Å². The molecular weight excluding hydrogens is 232 g/mol. The third kappa shape index (κ3) is 3.24. The molecule has 1 aliphatic rings. The largest absolute Gasteiger partial charge is 0.374 e. The molecule has 102 valence electrons. The number of morpholine rings is 1. The second-order valence-corrected chi connectivity index (χ2v) is 4.82. The highest BCUT2D eigenvalue weighted by molar-refractivity contribution is 4.85. The summed E-state index contributed by atoms with van der Waals surface area (Å²) >= 11 is 0. The summed E-state index contributed by atoms with van der Waals surface area (Å²) in [6.07, 6.45) is 1.14. The van der Waals surface area contributed by atoms with Crippen molar-refractivity contribution in [2.75, 3.05) is 19.7 Å². The van der Waals surface area contributed by atoms with Gasteiger partial charge in [0, 0.05) is 25.7 Å². The number of nitrogens with zero attached hydrogens (tertiary/aromatic N) is 5. The van der Waals surface area contributed by atoms with Crippen molar-refractivity contribution >= 4 is 0 Å². The molecule has 18 heavy (non-hydrogen) atoms. The Morgan fingerprint density at radius 2 is 2.39 bits per heavy atom. The van der Waals surface area contributed by atoms with Gasteiger partial charge >= 0.3 is 0 Å². The highest BCUT2D eigenvalue weighted by Gasteiger charge is 2.24. The molecule has 0 amide bonds. The van der Waals surface area contributed by atoms with Gasteiger partial charge in [0.05, 0.1) is 19.3 Å². The molecule has 2 N–H and O–H groups in total. The predicted octanol–water partition coefficient (Wildman–Crippen LogP) is -0.369. The fraction of sp³-hybridized carbons (Fsp3) is 0.909. The average molecular weight is 254 g/mol.